The topological polar surface area (TPSA) is 75.5 Å². The number of nitrogens with zero attached hydrogens (tertiary/aromatic N) is 3. The van der Waals surface area contributed by atoms with Crippen molar-refractivity contribution >= 4 is 11.8 Å². The molecule has 0 aliphatic carbocycles. The summed E-state index contributed by atoms with van der Waals surface area (Å²) in [6.45, 7) is 1.29. The molecule has 0 bridgehead atoms. The number of carboxylic acid groups (broad SMARTS) is 1. The maximum atomic E-state index is 11.0. The van der Waals surface area contributed by atoms with Crippen LogP contribution in [0, 0.1) is 5.92 Å². The molecule has 1 aromatic rings. The number of aromatic nitrogens is 2. The molecule has 1 saturated heterocycles. The van der Waals surface area contributed by atoms with Crippen molar-refractivity contribution in [3.63, 3.8) is 0 Å². The van der Waals surface area contributed by atoms with Gasteiger partial charge in [0.1, 0.15) is 0 Å². The molecule has 17 heavy (non-hydrogen) atoms. The Labute approximate surface area is 99.2 Å². The second-order valence-corrected chi connectivity index (χ2v) is 4.04. The van der Waals surface area contributed by atoms with Gasteiger partial charge in [-0.05, 0) is 12.8 Å². The molecule has 1 aromatic heterocycles. The molecule has 0 aromatic carbocycles. The van der Waals surface area contributed by atoms with Crippen molar-refractivity contribution < 1.29 is 14.6 Å². The molecule has 1 fully saturated rings. The normalized spacial score (nSPS) is 20.1. The van der Waals surface area contributed by atoms with Gasteiger partial charge >= 0.3 is 5.97 Å². The maximum absolute atomic E-state index is 11.0. The fourth-order valence-corrected chi connectivity index (χ4v) is 1.98. The molecule has 1 unspecified atom stereocenters. The van der Waals surface area contributed by atoms with Gasteiger partial charge in [-0.1, -0.05) is 0 Å². The van der Waals surface area contributed by atoms with Crippen LogP contribution in [0.5, 0.6) is 5.88 Å². The van der Waals surface area contributed by atoms with Crippen molar-refractivity contribution in [2.24, 2.45) is 5.92 Å². The number of hydrogen-bond donors (Lipinski definition) is 1. The number of piperidine rings is 1. The zero-order valence-corrected chi connectivity index (χ0v) is 9.67. The first-order valence-electron chi connectivity index (χ1n) is 5.54. The van der Waals surface area contributed by atoms with Crippen LogP contribution in [0.1, 0.15) is 12.8 Å². The van der Waals surface area contributed by atoms with Gasteiger partial charge in [0.15, 0.2) is 5.82 Å². The van der Waals surface area contributed by atoms with Crippen LogP contribution in [-0.4, -0.2) is 41.2 Å². The van der Waals surface area contributed by atoms with E-state index in [9.17, 15) is 4.79 Å². The lowest BCUT2D eigenvalue weighted by Gasteiger charge is -2.31. The van der Waals surface area contributed by atoms with Gasteiger partial charge in [-0.2, -0.15) is 4.98 Å². The molecule has 0 spiro atoms. The van der Waals surface area contributed by atoms with Crippen molar-refractivity contribution in [2.75, 3.05) is 25.1 Å². The minimum absolute atomic E-state index is 0.322. The van der Waals surface area contributed by atoms with Crippen molar-refractivity contribution in [3.8, 4) is 5.88 Å². The molecule has 2 rings (SSSR count). The number of anilines is 1. The number of methoxy groups -OCH3 is 1. The minimum Gasteiger partial charge on any atom is -0.481 e. The predicted molar refractivity (Wildman–Crippen MR) is 61.2 cm³/mol. The summed E-state index contributed by atoms with van der Waals surface area (Å²) >= 11 is 0. The van der Waals surface area contributed by atoms with E-state index in [-0.39, 0.29) is 5.92 Å². The number of carbonyl (C=O) groups is 1. The average Bonchev–Trinajstić information content (AvgIpc) is 2.39. The Kier molecular flexibility index (Phi) is 3.41. The Balaban J connectivity index is 2.13. The molecule has 2 heterocycles. The van der Waals surface area contributed by atoms with Crippen LogP contribution in [0.3, 0.4) is 0 Å². The lowest BCUT2D eigenvalue weighted by molar-refractivity contribution is -0.141. The summed E-state index contributed by atoms with van der Waals surface area (Å²) in [5, 5.41) is 9.02. The highest BCUT2D eigenvalue weighted by molar-refractivity contribution is 5.71. The third kappa shape index (κ3) is 2.64. The number of rotatable bonds is 3. The zero-order valence-electron chi connectivity index (χ0n) is 9.67. The van der Waals surface area contributed by atoms with Gasteiger partial charge < -0.3 is 14.7 Å². The minimum atomic E-state index is -0.745. The number of aliphatic carboxylic acids is 1. The van der Waals surface area contributed by atoms with E-state index in [1.165, 1.54) is 13.3 Å². The second-order valence-electron chi connectivity index (χ2n) is 4.04. The van der Waals surface area contributed by atoms with Crippen LogP contribution in [0.4, 0.5) is 5.82 Å². The molecule has 1 N–H and O–H groups in total. The summed E-state index contributed by atoms with van der Waals surface area (Å²) < 4.78 is 5.00. The SMILES string of the molecule is COc1cncc(N2CCCC(C(=O)O)C2)n1. The highest BCUT2D eigenvalue weighted by atomic mass is 16.5. The van der Waals surface area contributed by atoms with Crippen molar-refractivity contribution in [2.45, 2.75) is 12.8 Å². The molecule has 1 aliphatic rings. The molecule has 1 atom stereocenters. The van der Waals surface area contributed by atoms with Crippen molar-refractivity contribution in [1.82, 2.24) is 9.97 Å². The molecule has 6 heteroatoms. The monoisotopic (exact) mass is 237 g/mol. The van der Waals surface area contributed by atoms with Crippen molar-refractivity contribution in [3.05, 3.63) is 12.4 Å². The van der Waals surface area contributed by atoms with E-state index in [1.54, 1.807) is 6.20 Å². The van der Waals surface area contributed by atoms with Gasteiger partial charge in [0.05, 0.1) is 25.4 Å². The van der Waals surface area contributed by atoms with Gasteiger partial charge in [0, 0.05) is 13.1 Å². The van der Waals surface area contributed by atoms with Gasteiger partial charge in [-0.3, -0.25) is 9.78 Å². The fraction of sp³-hybridized carbons (Fsp3) is 0.545. The van der Waals surface area contributed by atoms with E-state index in [4.69, 9.17) is 9.84 Å². The summed E-state index contributed by atoms with van der Waals surface area (Å²) in [5.74, 6) is 0.0533. The third-order valence-corrected chi connectivity index (χ3v) is 2.90. The zero-order chi connectivity index (χ0) is 12.3. The van der Waals surface area contributed by atoms with Crippen LogP contribution >= 0.6 is 0 Å². The molecule has 92 valence electrons. The average molecular weight is 237 g/mol. The first-order valence-corrected chi connectivity index (χ1v) is 5.54. The van der Waals surface area contributed by atoms with Crippen LogP contribution in [0.25, 0.3) is 0 Å². The van der Waals surface area contributed by atoms with Crippen LogP contribution in [-0.2, 0) is 4.79 Å². The van der Waals surface area contributed by atoms with E-state index in [0.29, 0.717) is 18.2 Å². The van der Waals surface area contributed by atoms with Gasteiger partial charge in [0.2, 0.25) is 5.88 Å². The molecule has 1 aliphatic heterocycles. The van der Waals surface area contributed by atoms with E-state index >= 15 is 0 Å². The molecular formula is C11H15N3O3. The molecule has 0 amide bonds. The van der Waals surface area contributed by atoms with E-state index < -0.39 is 5.97 Å². The van der Waals surface area contributed by atoms with Crippen molar-refractivity contribution in [1.29, 1.82) is 0 Å². The highest BCUT2D eigenvalue weighted by Crippen LogP contribution is 2.22. The Morgan fingerprint density at radius 2 is 2.41 bits per heavy atom. The summed E-state index contributed by atoms with van der Waals surface area (Å²) in [6, 6.07) is 0. The Morgan fingerprint density at radius 3 is 3.12 bits per heavy atom. The number of carboxylic acids is 1. The first kappa shape index (κ1) is 11.6. The van der Waals surface area contributed by atoms with Crippen LogP contribution in [0.2, 0.25) is 0 Å². The van der Waals surface area contributed by atoms with E-state index in [2.05, 4.69) is 9.97 Å². The summed E-state index contributed by atoms with van der Waals surface area (Å²) in [7, 11) is 1.53. The molecule has 0 saturated carbocycles. The highest BCUT2D eigenvalue weighted by Gasteiger charge is 2.26. The summed E-state index contributed by atoms with van der Waals surface area (Å²) in [4.78, 5) is 21.2. The largest absolute Gasteiger partial charge is 0.481 e. The Hall–Kier alpha value is -1.85. The van der Waals surface area contributed by atoms with Gasteiger partial charge in [-0.25, -0.2) is 0 Å². The van der Waals surface area contributed by atoms with Crippen LogP contribution < -0.4 is 9.64 Å². The number of hydrogen-bond acceptors (Lipinski definition) is 5. The maximum Gasteiger partial charge on any atom is 0.308 e. The lowest BCUT2D eigenvalue weighted by Crippen LogP contribution is -2.39. The Bertz CT molecular complexity index is 411. The lowest BCUT2D eigenvalue weighted by atomic mass is 9.98. The van der Waals surface area contributed by atoms with E-state index in [1.807, 2.05) is 4.90 Å². The molecular weight excluding hydrogens is 222 g/mol. The molecule has 0 radical (unpaired) electrons. The molecule has 6 nitrogen and oxygen atoms in total. The quantitative estimate of drug-likeness (QED) is 0.837. The van der Waals surface area contributed by atoms with Gasteiger partial charge in [-0.15, -0.1) is 0 Å². The van der Waals surface area contributed by atoms with E-state index in [0.717, 1.165) is 19.4 Å². The smallest absolute Gasteiger partial charge is 0.308 e. The standard InChI is InChI=1S/C11H15N3O3/c1-17-10-6-12-5-9(13-10)14-4-2-3-8(7-14)11(15)16/h5-6,8H,2-4,7H2,1H3,(H,15,16). The summed E-state index contributed by atoms with van der Waals surface area (Å²) in [6.07, 6.45) is 4.74. The summed E-state index contributed by atoms with van der Waals surface area (Å²) in [5.41, 5.74) is 0. The predicted octanol–water partition coefficient (Wildman–Crippen LogP) is 0.786. The first-order chi connectivity index (χ1) is 8.20. The fourth-order valence-electron chi connectivity index (χ4n) is 1.98. The third-order valence-electron chi connectivity index (χ3n) is 2.90. The number of ether oxygens (including phenoxy) is 1. The second kappa shape index (κ2) is 4.99. The van der Waals surface area contributed by atoms with Crippen LogP contribution in [0.15, 0.2) is 12.4 Å². The van der Waals surface area contributed by atoms with Gasteiger partial charge in [0.25, 0.3) is 0 Å². The Morgan fingerprint density at radius 1 is 1.59 bits per heavy atom.